The molecule has 2 heteroatoms. The standard InChI is InChI=1S/C19H17.C9H13.C2H6Si.Zr/c1-13-10-17-11-15-8-5-9-16(15)12-18(17)19(13)14-6-3-2-4-7-14;1-6-5-7(2)9(4)8(6)3;1-3-2;/h2-4,6-7,10-12H,5,8-9H2,1H3;6H,1-4H3;1-2H3;/q2*-1;;+2. The first-order valence-electron chi connectivity index (χ1n) is 11.8. The van der Waals surface area contributed by atoms with Crippen LogP contribution in [0.25, 0.3) is 21.9 Å². The Morgan fingerprint density at radius 1 is 0.969 bits per heavy atom. The minimum absolute atomic E-state index is 0.210. The van der Waals surface area contributed by atoms with Crippen LogP contribution in [0.5, 0.6) is 0 Å². The molecule has 0 fully saturated rings. The fourth-order valence-corrected chi connectivity index (χ4v) is 4.65. The van der Waals surface area contributed by atoms with Crippen molar-refractivity contribution in [2.75, 3.05) is 0 Å². The average Bonchev–Trinajstić information content (AvgIpc) is 3.39. The topological polar surface area (TPSA) is 0 Å². The second-order valence-electron chi connectivity index (χ2n) is 9.43. The average molecular weight is 516 g/mol. The molecule has 3 aromatic rings. The number of allylic oxidation sites excluding steroid dienone is 4. The molecule has 1 unspecified atom stereocenters. The third-order valence-electron chi connectivity index (χ3n) is 6.60. The van der Waals surface area contributed by atoms with Gasteiger partial charge in [-0.2, -0.15) is 11.1 Å². The van der Waals surface area contributed by atoms with Crippen molar-refractivity contribution in [1.29, 1.82) is 0 Å². The molecule has 0 bridgehead atoms. The zero-order chi connectivity index (χ0) is 23.4. The summed E-state index contributed by atoms with van der Waals surface area (Å²) in [6, 6.07) is 18.0. The molecule has 164 valence electrons. The molecule has 5 rings (SSSR count). The zero-order valence-corrected chi connectivity index (χ0v) is 24.3. The molecule has 0 radical (unpaired) electrons. The third-order valence-corrected chi connectivity index (χ3v) is 6.60. The van der Waals surface area contributed by atoms with Crippen LogP contribution in [0, 0.1) is 18.9 Å². The van der Waals surface area contributed by atoms with E-state index in [0.717, 1.165) is 0 Å². The normalized spacial score (nSPS) is 16.8. The molecule has 0 saturated heterocycles. The Hall–Kier alpha value is -1.37. The van der Waals surface area contributed by atoms with Gasteiger partial charge in [0.15, 0.2) is 0 Å². The van der Waals surface area contributed by atoms with Crippen LogP contribution < -0.4 is 0 Å². The van der Waals surface area contributed by atoms with Gasteiger partial charge in [-0.15, -0.1) is 47.0 Å². The van der Waals surface area contributed by atoms with Gasteiger partial charge in [-0.25, -0.2) is 5.57 Å². The van der Waals surface area contributed by atoms with Gasteiger partial charge in [0.05, 0.1) is 0 Å². The first-order chi connectivity index (χ1) is 15.2. The second-order valence-corrected chi connectivity index (χ2v) is 18.8. The van der Waals surface area contributed by atoms with Crippen LogP contribution in [0.3, 0.4) is 0 Å². The minimum atomic E-state index is 0.210. The summed E-state index contributed by atoms with van der Waals surface area (Å²) in [6.45, 7) is 15.5. The van der Waals surface area contributed by atoms with Gasteiger partial charge in [-0.1, -0.05) is 80.6 Å². The molecule has 1 atom stereocenters. The van der Waals surface area contributed by atoms with Gasteiger partial charge >= 0.3 is 41.9 Å². The fourth-order valence-electron chi connectivity index (χ4n) is 4.65. The summed E-state index contributed by atoms with van der Waals surface area (Å²) in [5.41, 5.74) is 11.7. The van der Waals surface area contributed by atoms with E-state index in [9.17, 15) is 0 Å². The molecule has 0 N–H and O–H groups in total. The van der Waals surface area contributed by atoms with Crippen LogP contribution in [0.1, 0.15) is 50.8 Å². The number of fused-ring (bicyclic) bond motifs is 2. The maximum Gasteiger partial charge on any atom is -0.0289 e. The van der Waals surface area contributed by atoms with Crippen molar-refractivity contribution in [2.45, 2.75) is 67.0 Å². The molecule has 3 aromatic carbocycles. The molecule has 0 heterocycles. The Bertz CT molecular complexity index is 1170. The SMILES string of the molecule is CC1=[C-]C(C)C(C)=C1C.C[Si](C)=[Zr+2].Cc1[cH-]c2cc3c(cc2c1-c1ccccc1)CCC3. The molecule has 0 aromatic heterocycles. The smallest absolute Gasteiger partial charge is 0.0289 e. The van der Waals surface area contributed by atoms with Gasteiger partial charge in [-0.3, -0.25) is 6.08 Å². The molecule has 32 heavy (non-hydrogen) atoms. The number of hydrogen-bond donors (Lipinski definition) is 0. The molecule has 2 aliphatic carbocycles. The van der Waals surface area contributed by atoms with E-state index in [0.29, 0.717) is 5.92 Å². The fraction of sp³-hybridized carbons (Fsp3) is 0.367. The summed E-state index contributed by atoms with van der Waals surface area (Å²) in [4.78, 5) is 0. The van der Waals surface area contributed by atoms with E-state index < -0.39 is 0 Å². The van der Waals surface area contributed by atoms with Crippen LogP contribution in [0.2, 0.25) is 13.1 Å². The summed E-state index contributed by atoms with van der Waals surface area (Å²) in [5.74, 6) is 0.560. The number of rotatable bonds is 1. The van der Waals surface area contributed by atoms with Crippen molar-refractivity contribution in [3.63, 3.8) is 0 Å². The molecule has 0 nitrogen and oxygen atoms in total. The molecular formula is C30H36SiZr. The number of aryl methyl sites for hydroxylation is 3. The minimum Gasteiger partial charge on any atom is -0.149 e. The zero-order valence-electron chi connectivity index (χ0n) is 20.8. The second kappa shape index (κ2) is 11.2. The quantitative estimate of drug-likeness (QED) is 0.225. The predicted octanol–water partition coefficient (Wildman–Crippen LogP) is 8.53. The van der Waals surface area contributed by atoms with Crippen LogP contribution >= 0.6 is 0 Å². The van der Waals surface area contributed by atoms with Crippen LogP contribution in [0.15, 0.2) is 65.3 Å². The van der Waals surface area contributed by atoms with E-state index in [4.69, 9.17) is 0 Å². The largest absolute Gasteiger partial charge is 0.149 e. The van der Waals surface area contributed by atoms with Gasteiger partial charge in [-0.05, 0) is 19.3 Å². The Morgan fingerprint density at radius 2 is 1.56 bits per heavy atom. The van der Waals surface area contributed by atoms with Crippen LogP contribution in [-0.4, -0.2) is 5.43 Å². The Kier molecular flexibility index (Phi) is 8.82. The monoisotopic (exact) mass is 514 g/mol. The van der Waals surface area contributed by atoms with Crippen molar-refractivity contribution >= 4 is 16.2 Å². The van der Waals surface area contributed by atoms with E-state index in [2.05, 4.69) is 102 Å². The summed E-state index contributed by atoms with van der Waals surface area (Å²) in [7, 11) is 0. The maximum absolute atomic E-state index is 3.36. The Morgan fingerprint density at radius 3 is 2.06 bits per heavy atom. The molecule has 0 saturated carbocycles. The molecule has 2 aliphatic rings. The van der Waals surface area contributed by atoms with Crippen LogP contribution in [-0.2, 0) is 36.2 Å². The van der Waals surface area contributed by atoms with Gasteiger partial charge in [0.25, 0.3) is 0 Å². The summed E-state index contributed by atoms with van der Waals surface area (Å²) < 4.78 is 0. The van der Waals surface area contributed by atoms with Crippen molar-refractivity contribution in [1.82, 2.24) is 0 Å². The van der Waals surface area contributed by atoms with Gasteiger partial charge in [0, 0.05) is 0 Å². The predicted molar refractivity (Wildman–Crippen MR) is 139 cm³/mol. The first-order valence-corrected chi connectivity index (χ1v) is 17.9. The number of benzene rings is 2. The molecule has 0 spiro atoms. The Balaban J connectivity index is 0.000000186. The van der Waals surface area contributed by atoms with Crippen molar-refractivity contribution in [3.8, 4) is 11.1 Å². The summed E-state index contributed by atoms with van der Waals surface area (Å²) in [6.07, 6.45) is 7.19. The molecule has 0 amide bonds. The third kappa shape index (κ3) is 5.95. The van der Waals surface area contributed by atoms with E-state index in [-0.39, 0.29) is 5.43 Å². The van der Waals surface area contributed by atoms with E-state index >= 15 is 0 Å². The number of hydrogen-bond acceptors (Lipinski definition) is 0. The van der Waals surface area contributed by atoms with E-state index in [1.54, 1.807) is 34.5 Å². The van der Waals surface area contributed by atoms with Gasteiger partial charge < -0.3 is 0 Å². The maximum atomic E-state index is 3.36. The first kappa shape index (κ1) is 25.3. The van der Waals surface area contributed by atoms with Crippen LogP contribution in [0.4, 0.5) is 0 Å². The van der Waals surface area contributed by atoms with Crippen molar-refractivity contribution < 1.29 is 23.3 Å². The summed E-state index contributed by atoms with van der Waals surface area (Å²) in [5, 5.41) is 2.85. The van der Waals surface area contributed by atoms with Gasteiger partial charge in [0.1, 0.15) is 0 Å². The molecule has 0 aliphatic heterocycles. The Labute approximate surface area is 210 Å². The van der Waals surface area contributed by atoms with E-state index in [1.807, 2.05) is 0 Å². The summed E-state index contributed by atoms with van der Waals surface area (Å²) >= 11 is 1.74. The van der Waals surface area contributed by atoms with Crippen molar-refractivity contribution in [3.05, 3.63) is 88.0 Å². The van der Waals surface area contributed by atoms with E-state index in [1.165, 1.54) is 63.4 Å². The molecular weight excluding hydrogens is 480 g/mol. The van der Waals surface area contributed by atoms with Gasteiger partial charge in [0.2, 0.25) is 0 Å². The van der Waals surface area contributed by atoms with Crippen molar-refractivity contribution in [2.24, 2.45) is 5.92 Å².